The van der Waals surface area contributed by atoms with Crippen molar-refractivity contribution < 1.29 is 60.4 Å². The van der Waals surface area contributed by atoms with Gasteiger partial charge in [-0.15, -0.1) is 0 Å². The molecule has 0 spiro atoms. The molecule has 1 heterocycles. The molecule has 0 aliphatic heterocycles. The fourth-order valence-electron chi connectivity index (χ4n) is 3.44. The number of nitrogens with one attached hydrogen (secondary N) is 4. The smallest absolute Gasteiger partial charge is 0.490 e. The van der Waals surface area contributed by atoms with Crippen molar-refractivity contribution in [1.82, 2.24) is 20.9 Å². The summed E-state index contributed by atoms with van der Waals surface area (Å²) in [5.41, 5.74) is 2.38. The molecular weight excluding hydrogens is 657 g/mol. The third kappa shape index (κ3) is 15.7. The molecule has 256 valence electrons. The number of aromatic nitrogens is 1. The van der Waals surface area contributed by atoms with Crippen molar-refractivity contribution in [1.29, 1.82) is 0 Å². The van der Waals surface area contributed by atoms with E-state index in [9.17, 15) is 45.4 Å². The SMILES string of the molecule is CC(CNCCC(=O)NCCc1cccc(F)c1)NCCc1ccc(O)c2[nH]c(=O)sc12.O=C(O)C(F)(F)F.O=C(O)C(F)(F)F. The van der Waals surface area contributed by atoms with E-state index >= 15 is 0 Å². The summed E-state index contributed by atoms with van der Waals surface area (Å²) in [5.74, 6) is -5.72. The molecule has 3 aromatic rings. The Labute approximate surface area is 260 Å². The number of carboxylic acid groups (broad SMARTS) is 2. The van der Waals surface area contributed by atoms with Crippen LogP contribution in [0.25, 0.3) is 10.2 Å². The average molecular weight is 689 g/mol. The third-order valence-corrected chi connectivity index (χ3v) is 6.57. The summed E-state index contributed by atoms with van der Waals surface area (Å²) in [6.45, 7) is 4.58. The largest absolute Gasteiger partial charge is 0.506 e. The number of aromatic hydroxyl groups is 1. The average Bonchev–Trinajstić information content (AvgIpc) is 3.34. The minimum Gasteiger partial charge on any atom is -0.506 e. The zero-order valence-corrected chi connectivity index (χ0v) is 24.8. The molecule has 0 fully saturated rings. The number of alkyl halides is 6. The van der Waals surface area contributed by atoms with E-state index in [0.29, 0.717) is 31.4 Å². The highest BCUT2D eigenvalue weighted by Crippen LogP contribution is 2.27. The quantitative estimate of drug-likeness (QED) is 0.111. The molecule has 1 aromatic heterocycles. The molecule has 11 nitrogen and oxygen atoms in total. The van der Waals surface area contributed by atoms with Gasteiger partial charge >= 0.3 is 29.2 Å². The van der Waals surface area contributed by atoms with Crippen molar-refractivity contribution >= 4 is 39.4 Å². The molecule has 46 heavy (non-hydrogen) atoms. The monoisotopic (exact) mass is 688 g/mol. The second kappa shape index (κ2) is 18.7. The number of benzene rings is 2. The maximum Gasteiger partial charge on any atom is 0.490 e. The Bertz CT molecular complexity index is 1470. The van der Waals surface area contributed by atoms with Crippen molar-refractivity contribution in [2.45, 2.75) is 44.6 Å². The molecule has 1 amide bonds. The van der Waals surface area contributed by atoms with Crippen LogP contribution in [0.1, 0.15) is 24.5 Å². The van der Waals surface area contributed by atoms with Gasteiger partial charge in [0.1, 0.15) is 17.1 Å². The van der Waals surface area contributed by atoms with E-state index in [4.69, 9.17) is 19.8 Å². The van der Waals surface area contributed by atoms with Crippen molar-refractivity contribution in [2.75, 3.05) is 26.2 Å². The standard InChI is InChI=1S/C23H29FN4O3S.2C2HF3O2/c1-15(26-12-8-17-5-6-19(29)21-22(17)32-23(31)28-21)14-25-10-9-20(30)27-11-7-16-3-2-4-18(24)13-16;2*3-2(4,5)1(6)7/h2-6,13,15,25-26,29H,7-12,14H2,1H3,(H,27,30)(H,28,31);2*(H,6,7). The molecule has 0 aliphatic rings. The molecule has 1 unspecified atom stereocenters. The molecule has 0 radical (unpaired) electrons. The summed E-state index contributed by atoms with van der Waals surface area (Å²) < 4.78 is 77.4. The highest BCUT2D eigenvalue weighted by atomic mass is 32.1. The van der Waals surface area contributed by atoms with Crippen LogP contribution in [-0.2, 0) is 27.2 Å². The topological polar surface area (TPSA) is 181 Å². The lowest BCUT2D eigenvalue weighted by molar-refractivity contribution is -0.193. The molecule has 3 rings (SSSR count). The van der Waals surface area contributed by atoms with E-state index in [2.05, 4.69) is 27.9 Å². The number of carbonyl (C=O) groups is 3. The number of fused-ring (bicyclic) bond motifs is 1. The first-order valence-corrected chi connectivity index (χ1v) is 14.0. The first kappa shape index (κ1) is 39.8. The number of amides is 1. The number of rotatable bonds is 12. The van der Waals surface area contributed by atoms with Gasteiger partial charge in [-0.3, -0.25) is 9.59 Å². The van der Waals surface area contributed by atoms with Crippen LogP contribution in [0.5, 0.6) is 5.75 Å². The number of halogens is 7. The second-order valence-electron chi connectivity index (χ2n) is 9.36. The number of hydrogen-bond donors (Lipinski definition) is 7. The Hall–Kier alpha value is -4.23. The Balaban J connectivity index is 0.000000629. The summed E-state index contributed by atoms with van der Waals surface area (Å²) in [4.78, 5) is 43.8. The lowest BCUT2D eigenvalue weighted by Crippen LogP contribution is -2.38. The lowest BCUT2D eigenvalue weighted by Gasteiger charge is -2.15. The van der Waals surface area contributed by atoms with Crippen LogP contribution in [0, 0.1) is 5.82 Å². The first-order chi connectivity index (χ1) is 21.3. The van der Waals surface area contributed by atoms with Gasteiger partial charge in [-0.05, 0) is 55.6 Å². The Morgan fingerprint density at radius 1 is 0.935 bits per heavy atom. The van der Waals surface area contributed by atoms with Gasteiger partial charge < -0.3 is 36.3 Å². The van der Waals surface area contributed by atoms with Crippen molar-refractivity contribution in [2.24, 2.45) is 0 Å². The van der Waals surface area contributed by atoms with E-state index < -0.39 is 24.3 Å². The molecular formula is C27H31F7N4O7S. The van der Waals surface area contributed by atoms with Crippen LogP contribution >= 0.6 is 11.3 Å². The molecule has 0 bridgehead atoms. The highest BCUT2D eigenvalue weighted by Gasteiger charge is 2.38. The van der Waals surface area contributed by atoms with Crippen LogP contribution in [0.4, 0.5) is 30.7 Å². The van der Waals surface area contributed by atoms with Crippen molar-refractivity contribution in [3.05, 3.63) is 63.0 Å². The predicted octanol–water partition coefficient (Wildman–Crippen LogP) is 3.56. The van der Waals surface area contributed by atoms with E-state index in [1.165, 1.54) is 12.1 Å². The number of phenolic OH excluding ortho intramolecular Hbond substituents is 1. The number of phenols is 1. The molecule has 0 saturated heterocycles. The maximum atomic E-state index is 13.1. The van der Waals surface area contributed by atoms with Crippen LogP contribution in [0.2, 0.25) is 0 Å². The van der Waals surface area contributed by atoms with E-state index in [1.807, 2.05) is 12.1 Å². The Morgan fingerprint density at radius 3 is 2.11 bits per heavy atom. The zero-order chi connectivity index (χ0) is 35.1. The number of aromatic amines is 1. The van der Waals surface area contributed by atoms with Crippen LogP contribution in [-0.4, -0.2) is 82.7 Å². The molecule has 19 heteroatoms. The number of aliphatic carboxylic acids is 2. The minimum atomic E-state index is -5.08. The van der Waals surface area contributed by atoms with E-state index in [0.717, 1.165) is 46.7 Å². The highest BCUT2D eigenvalue weighted by molar-refractivity contribution is 7.16. The summed E-state index contributed by atoms with van der Waals surface area (Å²) in [5, 5.41) is 33.7. The van der Waals surface area contributed by atoms with Gasteiger partial charge in [0.15, 0.2) is 0 Å². The fourth-order valence-corrected chi connectivity index (χ4v) is 4.34. The summed E-state index contributed by atoms with van der Waals surface area (Å²) in [6, 6.07) is 10.1. The van der Waals surface area contributed by atoms with Crippen molar-refractivity contribution in [3.8, 4) is 5.75 Å². The van der Waals surface area contributed by atoms with Gasteiger partial charge in [0.25, 0.3) is 0 Å². The summed E-state index contributed by atoms with van der Waals surface area (Å²) in [7, 11) is 0. The van der Waals surface area contributed by atoms with Crippen molar-refractivity contribution in [3.63, 3.8) is 0 Å². The minimum absolute atomic E-state index is 0.0312. The lowest BCUT2D eigenvalue weighted by atomic mass is 10.1. The van der Waals surface area contributed by atoms with Crippen LogP contribution in [0.15, 0.2) is 41.2 Å². The first-order valence-electron chi connectivity index (χ1n) is 13.2. The summed E-state index contributed by atoms with van der Waals surface area (Å²) >= 11 is 1.11. The fraction of sp³-hybridized carbons (Fsp3) is 0.407. The number of carbonyl (C=O) groups excluding carboxylic acids is 1. The zero-order valence-electron chi connectivity index (χ0n) is 24.0. The normalized spacial score (nSPS) is 11.9. The molecule has 2 aromatic carbocycles. The van der Waals surface area contributed by atoms with Gasteiger partial charge in [0, 0.05) is 32.1 Å². The third-order valence-electron chi connectivity index (χ3n) is 5.62. The van der Waals surface area contributed by atoms with Gasteiger partial charge in [-0.2, -0.15) is 26.3 Å². The van der Waals surface area contributed by atoms with Gasteiger partial charge in [0.05, 0.1) is 4.70 Å². The molecule has 7 N–H and O–H groups in total. The van der Waals surface area contributed by atoms with Gasteiger partial charge in [0.2, 0.25) is 5.91 Å². The molecule has 1 atom stereocenters. The van der Waals surface area contributed by atoms with Crippen LogP contribution in [0.3, 0.4) is 0 Å². The van der Waals surface area contributed by atoms with Gasteiger partial charge in [-0.25, -0.2) is 14.0 Å². The Morgan fingerprint density at radius 2 is 1.54 bits per heavy atom. The number of thiazole rings is 1. The maximum absolute atomic E-state index is 13.1. The molecule has 0 saturated carbocycles. The predicted molar refractivity (Wildman–Crippen MR) is 153 cm³/mol. The van der Waals surface area contributed by atoms with Gasteiger partial charge in [-0.1, -0.05) is 29.5 Å². The summed E-state index contributed by atoms with van der Waals surface area (Å²) in [6.07, 6.45) is -8.44. The van der Waals surface area contributed by atoms with Crippen LogP contribution < -0.4 is 20.8 Å². The Kier molecular flexibility index (Phi) is 16.2. The number of hydrogen-bond acceptors (Lipinski definition) is 8. The molecule has 0 aliphatic carbocycles. The number of carboxylic acids is 2. The second-order valence-corrected chi connectivity index (χ2v) is 10.3. The number of H-pyrrole nitrogens is 1. The van der Waals surface area contributed by atoms with E-state index in [-0.39, 0.29) is 28.4 Å². The van der Waals surface area contributed by atoms with E-state index in [1.54, 1.807) is 12.1 Å².